The van der Waals surface area contributed by atoms with E-state index in [9.17, 15) is 8.76 Å². The van der Waals surface area contributed by atoms with E-state index in [4.69, 9.17) is 0 Å². The minimum absolute atomic E-state index is 0.0123. The average molecular weight is 121 g/mol. The summed E-state index contributed by atoms with van der Waals surface area (Å²) in [5.41, 5.74) is 0. The molecule has 1 rings (SSSR count). The molecule has 1 aliphatic rings. The van der Waals surface area contributed by atoms with E-state index < -0.39 is 11.4 Å². The maximum Gasteiger partial charge on any atom is 0.0844 e. The van der Waals surface area contributed by atoms with Crippen LogP contribution in [0.3, 0.4) is 0 Å². The first-order valence-corrected chi connectivity index (χ1v) is 3.05. The van der Waals surface area contributed by atoms with Gasteiger partial charge in [0, 0.05) is 0 Å². The molecular weight excluding hydrogens is 116 g/mol. The molecule has 0 spiro atoms. The summed E-state index contributed by atoms with van der Waals surface area (Å²) >= 11 is -2.28. The molecule has 0 aromatic heterocycles. The molecule has 0 N–H and O–H groups in total. The molecule has 1 saturated carbocycles. The fraction of sp³-hybridized carbons (Fsp3) is 1.00. The Labute approximate surface area is 44.2 Å². The summed E-state index contributed by atoms with van der Waals surface area (Å²) in [5.74, 6) is 0. The molecule has 4 heteroatoms. The molecule has 0 bridgehead atoms. The Bertz CT molecular complexity index is 88.2. The molecule has 0 aliphatic heterocycles. The van der Waals surface area contributed by atoms with E-state index in [1.54, 1.807) is 0 Å². The highest BCUT2D eigenvalue weighted by atomic mass is 32.2. The molecule has 0 radical (unpaired) electrons. The van der Waals surface area contributed by atoms with Gasteiger partial charge in [-0.05, 0) is 12.8 Å². The van der Waals surface area contributed by atoms with E-state index >= 15 is 0 Å². The first kappa shape index (κ1) is 5.21. The molecule has 7 heavy (non-hydrogen) atoms. The Morgan fingerprint density at radius 3 is 2.43 bits per heavy atom. The maximum atomic E-state index is 9.63. The van der Waals surface area contributed by atoms with E-state index in [1.807, 2.05) is 0 Å². The zero-order chi connectivity index (χ0) is 5.28. The van der Waals surface area contributed by atoms with Crippen molar-refractivity contribution in [1.82, 2.24) is 0 Å². The molecule has 0 aromatic rings. The lowest BCUT2D eigenvalue weighted by atomic mass is 10.9. The van der Waals surface area contributed by atoms with E-state index in [0.29, 0.717) is 0 Å². The van der Waals surface area contributed by atoms with E-state index in [1.165, 1.54) is 0 Å². The zero-order valence-electron chi connectivity index (χ0n) is 3.62. The Morgan fingerprint density at radius 1 is 1.71 bits per heavy atom. The summed E-state index contributed by atoms with van der Waals surface area (Å²) < 4.78 is 23.5. The van der Waals surface area contributed by atoms with Crippen molar-refractivity contribution in [2.45, 2.75) is 18.9 Å². The van der Waals surface area contributed by atoms with Gasteiger partial charge < -0.3 is 4.55 Å². The Kier molecular flexibility index (Phi) is 1.41. The molecule has 0 aromatic carbocycles. The topological polar surface area (TPSA) is 49.4 Å². The Hall–Kier alpha value is 0.0700. The molecule has 1 fully saturated rings. The molecule has 0 amide bonds. The van der Waals surface area contributed by atoms with Gasteiger partial charge >= 0.3 is 0 Å². The fourth-order valence-electron chi connectivity index (χ4n) is 0.275. The highest BCUT2D eigenvalue weighted by Crippen LogP contribution is 2.23. The van der Waals surface area contributed by atoms with Gasteiger partial charge in [0.1, 0.15) is 0 Å². The highest BCUT2D eigenvalue weighted by molar-refractivity contribution is 7.74. The molecular formula is C3H5O3S-. The quantitative estimate of drug-likeness (QED) is 0.481. The summed E-state index contributed by atoms with van der Waals surface area (Å²) in [7, 11) is 0. The van der Waals surface area contributed by atoms with Crippen molar-refractivity contribution < 1.29 is 12.9 Å². The molecule has 1 atom stereocenters. The van der Waals surface area contributed by atoms with Crippen LogP contribution in [0, 0.1) is 0 Å². The monoisotopic (exact) mass is 121 g/mol. The minimum Gasteiger partial charge on any atom is -0.750 e. The number of hydrogen-bond acceptors (Lipinski definition) is 3. The predicted octanol–water partition coefficient (Wildman–Crippen LogP) is -0.0405. The third-order valence-corrected chi connectivity index (χ3v) is 1.17. The van der Waals surface area contributed by atoms with Crippen LogP contribution in [0.15, 0.2) is 0 Å². The second kappa shape index (κ2) is 1.90. The highest BCUT2D eigenvalue weighted by Gasteiger charge is 2.22. The van der Waals surface area contributed by atoms with Crippen LogP contribution in [-0.4, -0.2) is 14.9 Å². The van der Waals surface area contributed by atoms with Crippen LogP contribution in [0.5, 0.6) is 0 Å². The van der Waals surface area contributed by atoms with Gasteiger partial charge in [-0.25, -0.2) is 4.21 Å². The molecule has 1 unspecified atom stereocenters. The van der Waals surface area contributed by atoms with Crippen molar-refractivity contribution >= 4 is 11.4 Å². The Balaban J connectivity index is 2.08. The van der Waals surface area contributed by atoms with Crippen LogP contribution < -0.4 is 0 Å². The summed E-state index contributed by atoms with van der Waals surface area (Å²) in [6.07, 6.45) is 1.81. The van der Waals surface area contributed by atoms with Gasteiger partial charge in [-0.3, -0.25) is 4.18 Å². The minimum atomic E-state index is -2.28. The normalized spacial score (nSPS) is 24.7. The summed E-state index contributed by atoms with van der Waals surface area (Å²) in [6, 6.07) is 0. The van der Waals surface area contributed by atoms with Gasteiger partial charge in [0.2, 0.25) is 0 Å². The van der Waals surface area contributed by atoms with Crippen molar-refractivity contribution in [2.24, 2.45) is 0 Å². The predicted molar refractivity (Wildman–Crippen MR) is 23.0 cm³/mol. The van der Waals surface area contributed by atoms with Crippen LogP contribution in [0.1, 0.15) is 12.8 Å². The van der Waals surface area contributed by atoms with Gasteiger partial charge in [0.15, 0.2) is 0 Å². The van der Waals surface area contributed by atoms with Crippen molar-refractivity contribution in [3.63, 3.8) is 0 Å². The lowest BCUT2D eigenvalue weighted by molar-refractivity contribution is 0.289. The van der Waals surface area contributed by atoms with Crippen LogP contribution in [0.25, 0.3) is 0 Å². The van der Waals surface area contributed by atoms with E-state index in [2.05, 4.69) is 4.18 Å². The third kappa shape index (κ3) is 2.01. The average Bonchev–Trinajstić information content (AvgIpc) is 2.17. The summed E-state index contributed by atoms with van der Waals surface area (Å²) in [4.78, 5) is 0. The van der Waals surface area contributed by atoms with Gasteiger partial charge in [-0.1, -0.05) is 0 Å². The van der Waals surface area contributed by atoms with E-state index in [-0.39, 0.29) is 6.10 Å². The first-order valence-electron chi connectivity index (χ1n) is 2.05. The van der Waals surface area contributed by atoms with Gasteiger partial charge in [0.05, 0.1) is 17.5 Å². The summed E-state index contributed by atoms with van der Waals surface area (Å²) in [6.45, 7) is 0. The summed E-state index contributed by atoms with van der Waals surface area (Å²) in [5, 5.41) is 0. The number of rotatable bonds is 2. The smallest absolute Gasteiger partial charge is 0.0844 e. The number of hydrogen-bond donors (Lipinski definition) is 0. The Morgan fingerprint density at radius 2 is 2.29 bits per heavy atom. The second-order valence-corrected chi connectivity index (χ2v) is 2.10. The zero-order valence-corrected chi connectivity index (χ0v) is 4.44. The lowest BCUT2D eigenvalue weighted by Gasteiger charge is -2.00. The third-order valence-electron chi connectivity index (χ3n) is 0.739. The van der Waals surface area contributed by atoms with Crippen molar-refractivity contribution in [3.05, 3.63) is 0 Å². The molecule has 1 aliphatic carbocycles. The van der Waals surface area contributed by atoms with E-state index in [0.717, 1.165) is 12.8 Å². The van der Waals surface area contributed by atoms with Gasteiger partial charge in [0.25, 0.3) is 0 Å². The van der Waals surface area contributed by atoms with Gasteiger partial charge in [-0.15, -0.1) is 0 Å². The SMILES string of the molecule is O=S([O-])OC1CC1. The molecule has 3 nitrogen and oxygen atoms in total. The van der Waals surface area contributed by atoms with Crippen molar-refractivity contribution in [3.8, 4) is 0 Å². The van der Waals surface area contributed by atoms with Crippen LogP contribution in [0.4, 0.5) is 0 Å². The fourth-order valence-corrected chi connectivity index (χ4v) is 0.690. The molecule has 42 valence electrons. The molecule has 0 saturated heterocycles. The van der Waals surface area contributed by atoms with Crippen LogP contribution in [0.2, 0.25) is 0 Å². The first-order chi connectivity index (χ1) is 3.29. The molecule has 0 heterocycles. The van der Waals surface area contributed by atoms with Crippen LogP contribution in [-0.2, 0) is 15.5 Å². The standard InChI is InChI=1S/C3H6O3S/c4-7(5)6-3-1-2-3/h3H,1-2H2,(H,4,5)/p-1. The van der Waals surface area contributed by atoms with Crippen molar-refractivity contribution in [2.75, 3.05) is 0 Å². The lowest BCUT2D eigenvalue weighted by Crippen LogP contribution is -1.95. The maximum absolute atomic E-state index is 9.63. The largest absolute Gasteiger partial charge is 0.750 e. The van der Waals surface area contributed by atoms with Gasteiger partial charge in [-0.2, -0.15) is 0 Å². The van der Waals surface area contributed by atoms with Crippen molar-refractivity contribution in [1.29, 1.82) is 0 Å². The second-order valence-electron chi connectivity index (χ2n) is 1.50. The van der Waals surface area contributed by atoms with Crippen LogP contribution >= 0.6 is 0 Å².